The number of para-hydroxylation sites is 1. The standard InChI is InChI=1S/C41H42N10O11S2/c1-3-33(56)62-27-15-30(43-16-27)37(58)50(21(2)52)26-11-8-22(9-12-26)29-13-10-24(36(57)44-29)17-48(31(53)14-23-6-4-5-7-28(23)42)35-38(59)51-34(40(60)61)25(19-63-39(35)51)20-64-41-45-46-47-49(41)18-32(54)55/h4-13,27,30,35,39,43H,3,14-20,42H2,1-2H3,(H,44,57)(H,54,55)(H,60,61)/t27?,30-,35?,39-/m0/s1. The molecule has 0 saturated carbocycles. The maximum atomic E-state index is 14.2. The zero-order chi connectivity index (χ0) is 45.8. The topological polar surface area (TPSA) is 293 Å². The van der Waals surface area contributed by atoms with Crippen LogP contribution in [0, 0.1) is 0 Å². The highest BCUT2D eigenvalue weighted by atomic mass is 32.2. The van der Waals surface area contributed by atoms with E-state index in [1.54, 1.807) is 61.5 Å². The summed E-state index contributed by atoms with van der Waals surface area (Å²) in [5, 5.41) is 32.8. The molecule has 4 amide bonds. The van der Waals surface area contributed by atoms with Gasteiger partial charge >= 0.3 is 17.9 Å². The van der Waals surface area contributed by atoms with Crippen LogP contribution in [0.3, 0.4) is 0 Å². The van der Waals surface area contributed by atoms with Crippen molar-refractivity contribution in [1.29, 1.82) is 0 Å². The molecule has 2 aromatic heterocycles. The van der Waals surface area contributed by atoms with Gasteiger partial charge in [-0.15, -0.1) is 16.9 Å². The Balaban J connectivity index is 1.10. The van der Waals surface area contributed by atoms with Crippen molar-refractivity contribution in [2.24, 2.45) is 0 Å². The summed E-state index contributed by atoms with van der Waals surface area (Å²) in [6.45, 7) is 2.38. The first-order chi connectivity index (χ1) is 30.6. The molecule has 21 nitrogen and oxygen atoms in total. The number of amides is 4. The monoisotopic (exact) mass is 914 g/mol. The molecule has 23 heteroatoms. The van der Waals surface area contributed by atoms with Crippen molar-refractivity contribution in [3.05, 3.63) is 93.4 Å². The van der Waals surface area contributed by atoms with Gasteiger partial charge in [-0.25, -0.2) is 14.4 Å². The molecule has 2 saturated heterocycles. The number of fused-ring (bicyclic) bond motifs is 1. The first-order valence-electron chi connectivity index (χ1n) is 19.9. The maximum absolute atomic E-state index is 14.2. The van der Waals surface area contributed by atoms with Gasteiger partial charge in [-0.2, -0.15) is 0 Å². The fourth-order valence-electron chi connectivity index (χ4n) is 7.55. The van der Waals surface area contributed by atoms with E-state index in [1.807, 2.05) is 0 Å². The molecule has 0 aliphatic carbocycles. The largest absolute Gasteiger partial charge is 0.480 e. The zero-order valence-electron chi connectivity index (χ0n) is 34.3. The maximum Gasteiger partial charge on any atom is 0.352 e. The summed E-state index contributed by atoms with van der Waals surface area (Å²) in [7, 11) is 0. The van der Waals surface area contributed by atoms with Crippen molar-refractivity contribution in [2.45, 2.75) is 74.9 Å². The Hall–Kier alpha value is -6.85. The Bertz CT molecular complexity index is 2620. The van der Waals surface area contributed by atoms with Crippen molar-refractivity contribution in [3.63, 3.8) is 0 Å². The second kappa shape index (κ2) is 19.3. The van der Waals surface area contributed by atoms with Gasteiger partial charge in [0.05, 0.1) is 24.7 Å². The Labute approximate surface area is 372 Å². The van der Waals surface area contributed by atoms with Crippen LogP contribution >= 0.6 is 23.5 Å². The summed E-state index contributed by atoms with van der Waals surface area (Å²) < 4.78 is 6.41. The minimum atomic E-state index is -1.37. The van der Waals surface area contributed by atoms with Gasteiger partial charge < -0.3 is 35.9 Å². The third kappa shape index (κ3) is 9.55. The number of ether oxygens (including phenoxy) is 1. The van der Waals surface area contributed by atoms with E-state index in [1.165, 1.54) is 29.7 Å². The smallest absolute Gasteiger partial charge is 0.352 e. The molecule has 6 N–H and O–H groups in total. The number of aromatic amines is 1. The molecule has 0 spiro atoms. The van der Waals surface area contributed by atoms with Crippen LogP contribution in [-0.2, 0) is 57.8 Å². The number of anilines is 2. The second-order valence-corrected chi connectivity index (χ2v) is 17.0. The first-order valence-corrected chi connectivity index (χ1v) is 21.9. The number of H-pyrrole nitrogens is 1. The summed E-state index contributed by atoms with van der Waals surface area (Å²) in [4.78, 5) is 110. The Morgan fingerprint density at radius 1 is 1.02 bits per heavy atom. The number of aliphatic carboxylic acids is 2. The number of carbonyl (C=O) groups is 7. The fourth-order valence-corrected chi connectivity index (χ4v) is 9.98. The van der Waals surface area contributed by atoms with Crippen molar-refractivity contribution in [1.82, 2.24) is 40.3 Å². The lowest BCUT2D eigenvalue weighted by Crippen LogP contribution is -2.71. The quantitative estimate of drug-likeness (QED) is 0.0457. The van der Waals surface area contributed by atoms with E-state index in [9.17, 15) is 48.6 Å². The van der Waals surface area contributed by atoms with Crippen molar-refractivity contribution in [2.75, 3.05) is 28.7 Å². The number of imide groups is 1. The summed E-state index contributed by atoms with van der Waals surface area (Å²) in [6.07, 6.45) is -0.309. The number of tetrazole rings is 1. The molecule has 0 radical (unpaired) electrons. The fraction of sp³-hybridized carbons (Fsp3) is 0.341. The summed E-state index contributed by atoms with van der Waals surface area (Å²) in [5.74, 6) is -4.99. The molecule has 4 aromatic rings. The molecule has 334 valence electrons. The molecular weight excluding hydrogens is 873 g/mol. The third-order valence-electron chi connectivity index (χ3n) is 10.7. The predicted octanol–water partition coefficient (Wildman–Crippen LogP) is 1.24. The lowest BCUT2D eigenvalue weighted by atomic mass is 9.99. The van der Waals surface area contributed by atoms with E-state index >= 15 is 0 Å². The SMILES string of the molecule is CCC(=O)OC1CN[C@H](C(=O)N(C(C)=O)c2ccc(-c3ccc(CN(C(=O)Cc4ccccc4N)C4C(=O)N5C(C(=O)O)=C(CSc6nnnn6CC(=O)O)CS[C@@H]45)c(=O)[nH]3)cc2)C1. The van der Waals surface area contributed by atoms with Crippen molar-refractivity contribution in [3.8, 4) is 11.3 Å². The number of benzene rings is 2. The number of hydrogen-bond acceptors (Lipinski definition) is 16. The number of nitrogens with zero attached hydrogens (tertiary/aromatic N) is 7. The molecule has 5 heterocycles. The lowest BCUT2D eigenvalue weighted by molar-refractivity contribution is -0.160. The lowest BCUT2D eigenvalue weighted by Gasteiger charge is -2.53. The van der Waals surface area contributed by atoms with Crippen LogP contribution in [-0.4, -0.2) is 128 Å². The number of carbonyl (C=O) groups excluding carboxylic acids is 5. The number of β-lactam (4-membered cyclic amide) rings is 1. The van der Waals surface area contributed by atoms with Gasteiger partial charge in [-0.1, -0.05) is 49.0 Å². The molecule has 2 fully saturated rings. The van der Waals surface area contributed by atoms with Crippen LogP contribution in [0.5, 0.6) is 0 Å². The number of pyridine rings is 1. The van der Waals surface area contributed by atoms with Gasteiger partial charge in [0, 0.05) is 54.8 Å². The molecule has 2 unspecified atom stereocenters. The minimum absolute atomic E-state index is 0.0285. The predicted molar refractivity (Wildman–Crippen MR) is 230 cm³/mol. The number of rotatable bonds is 16. The zero-order valence-corrected chi connectivity index (χ0v) is 36.0. The van der Waals surface area contributed by atoms with Crippen LogP contribution in [0.25, 0.3) is 11.3 Å². The number of esters is 1. The molecular formula is C41H42N10O11S2. The molecule has 4 atom stereocenters. The van der Waals surface area contributed by atoms with Crippen LogP contribution in [0.1, 0.15) is 37.8 Å². The van der Waals surface area contributed by atoms with Gasteiger partial charge in [0.2, 0.25) is 17.0 Å². The van der Waals surface area contributed by atoms with Crippen LogP contribution in [0.15, 0.2) is 81.9 Å². The van der Waals surface area contributed by atoms with Crippen LogP contribution < -0.4 is 21.5 Å². The second-order valence-electron chi connectivity index (χ2n) is 14.9. The number of carboxylic acid groups (broad SMARTS) is 2. The molecule has 64 heavy (non-hydrogen) atoms. The summed E-state index contributed by atoms with van der Waals surface area (Å²) in [6, 6.07) is 14.3. The molecule has 3 aliphatic heterocycles. The highest BCUT2D eigenvalue weighted by molar-refractivity contribution is 8.01. The number of nitrogens with one attached hydrogen (secondary N) is 2. The van der Waals surface area contributed by atoms with Gasteiger partial charge in [-0.3, -0.25) is 38.5 Å². The highest BCUT2D eigenvalue weighted by Gasteiger charge is 2.57. The number of nitrogen functional groups attached to an aromatic ring is 1. The normalized spacial score (nSPS) is 19.1. The third-order valence-corrected chi connectivity index (χ3v) is 13.1. The van der Waals surface area contributed by atoms with Gasteiger partial charge in [0.25, 0.3) is 17.4 Å². The van der Waals surface area contributed by atoms with Crippen LogP contribution in [0.2, 0.25) is 0 Å². The Kier molecular flexibility index (Phi) is 13.6. The van der Waals surface area contributed by atoms with E-state index in [-0.39, 0.29) is 71.9 Å². The van der Waals surface area contributed by atoms with Crippen molar-refractivity contribution < 1.29 is 48.5 Å². The van der Waals surface area contributed by atoms with E-state index in [2.05, 4.69) is 25.8 Å². The molecule has 0 bridgehead atoms. The average Bonchev–Trinajstić information content (AvgIpc) is 3.92. The highest BCUT2D eigenvalue weighted by Crippen LogP contribution is 2.44. The Morgan fingerprint density at radius 3 is 2.44 bits per heavy atom. The summed E-state index contributed by atoms with van der Waals surface area (Å²) >= 11 is 2.25. The number of carboxylic acids is 2. The van der Waals surface area contributed by atoms with E-state index in [4.69, 9.17) is 10.5 Å². The Morgan fingerprint density at radius 2 is 1.77 bits per heavy atom. The average molecular weight is 915 g/mol. The van der Waals surface area contributed by atoms with Gasteiger partial charge in [-0.05, 0) is 57.5 Å². The molecule has 3 aliphatic rings. The molecule has 7 rings (SSSR count). The number of nitrogens with two attached hydrogens (primary N) is 1. The van der Waals surface area contributed by atoms with Crippen LogP contribution in [0.4, 0.5) is 11.4 Å². The van der Waals surface area contributed by atoms with E-state index in [0.29, 0.717) is 28.1 Å². The number of hydrogen-bond donors (Lipinski definition) is 5. The van der Waals surface area contributed by atoms with E-state index in [0.717, 1.165) is 26.2 Å². The number of thioether (sulfide) groups is 2. The van der Waals surface area contributed by atoms with E-state index < -0.39 is 71.2 Å². The van der Waals surface area contributed by atoms with Gasteiger partial charge in [0.15, 0.2) is 0 Å². The minimum Gasteiger partial charge on any atom is -0.480 e. The first kappa shape index (κ1) is 45.2. The molecule has 2 aromatic carbocycles. The van der Waals surface area contributed by atoms with Gasteiger partial charge in [0.1, 0.15) is 29.8 Å². The summed E-state index contributed by atoms with van der Waals surface area (Å²) in [5.41, 5.74) is 7.86. The number of aromatic nitrogens is 5. The van der Waals surface area contributed by atoms with Crippen molar-refractivity contribution >= 4 is 76.4 Å².